The highest BCUT2D eigenvalue weighted by Gasteiger charge is 2.43. The van der Waals surface area contributed by atoms with Crippen molar-refractivity contribution in [1.82, 2.24) is 14.8 Å². The molecule has 2 aromatic rings. The summed E-state index contributed by atoms with van der Waals surface area (Å²) >= 11 is 0. The summed E-state index contributed by atoms with van der Waals surface area (Å²) in [7, 11) is 3.17. The zero-order valence-corrected chi connectivity index (χ0v) is 11.8. The van der Waals surface area contributed by atoms with Crippen molar-refractivity contribution in [2.24, 2.45) is 0 Å². The standard InChI is InChI=1S/C15H15N3O3/c1-17-14(19)10-6-18(15(17)20)7-12-13(10)9-5-8(21-2)3-4-11(9)16-12/h3-5,10,16H,6-7H2,1-2H3. The van der Waals surface area contributed by atoms with Gasteiger partial charge in [-0.3, -0.25) is 9.69 Å². The van der Waals surface area contributed by atoms with Crippen LogP contribution in [0.3, 0.4) is 0 Å². The van der Waals surface area contributed by atoms with Crippen molar-refractivity contribution < 1.29 is 14.3 Å². The van der Waals surface area contributed by atoms with Gasteiger partial charge in [0.15, 0.2) is 0 Å². The number of H-pyrrole nitrogens is 1. The number of rotatable bonds is 1. The molecule has 1 aromatic heterocycles. The molecule has 3 heterocycles. The number of carbonyl (C=O) groups excluding carboxylic acids is 2. The minimum Gasteiger partial charge on any atom is -0.497 e. The van der Waals surface area contributed by atoms with E-state index in [2.05, 4.69) is 4.98 Å². The Labute approximate surface area is 121 Å². The second-order valence-electron chi connectivity index (χ2n) is 5.54. The lowest BCUT2D eigenvalue weighted by Gasteiger charge is -2.40. The summed E-state index contributed by atoms with van der Waals surface area (Å²) in [5, 5.41) is 1.00. The molecule has 3 amide bonds. The first-order valence-corrected chi connectivity index (χ1v) is 6.85. The molecule has 2 bridgehead atoms. The highest BCUT2D eigenvalue weighted by Crippen LogP contribution is 2.39. The van der Waals surface area contributed by atoms with Crippen LogP contribution in [0.1, 0.15) is 17.2 Å². The van der Waals surface area contributed by atoms with Gasteiger partial charge < -0.3 is 14.6 Å². The van der Waals surface area contributed by atoms with E-state index in [1.807, 2.05) is 18.2 Å². The van der Waals surface area contributed by atoms with Gasteiger partial charge in [0.25, 0.3) is 0 Å². The Kier molecular flexibility index (Phi) is 2.34. The molecule has 21 heavy (non-hydrogen) atoms. The van der Waals surface area contributed by atoms with E-state index in [0.29, 0.717) is 13.1 Å². The smallest absolute Gasteiger partial charge is 0.326 e. The summed E-state index contributed by atoms with van der Waals surface area (Å²) in [5.41, 5.74) is 2.92. The highest BCUT2D eigenvalue weighted by atomic mass is 16.5. The lowest BCUT2D eigenvalue weighted by atomic mass is 9.89. The highest BCUT2D eigenvalue weighted by molar-refractivity contribution is 6.03. The second kappa shape index (κ2) is 4.00. The minimum atomic E-state index is -0.294. The van der Waals surface area contributed by atoms with Gasteiger partial charge in [-0.15, -0.1) is 0 Å². The second-order valence-corrected chi connectivity index (χ2v) is 5.54. The van der Waals surface area contributed by atoms with Crippen molar-refractivity contribution in [3.63, 3.8) is 0 Å². The molecule has 0 spiro atoms. The van der Waals surface area contributed by atoms with Gasteiger partial charge in [-0.2, -0.15) is 0 Å². The number of aromatic amines is 1. The van der Waals surface area contributed by atoms with Crippen LogP contribution in [0.2, 0.25) is 0 Å². The number of amides is 3. The number of hydrogen-bond acceptors (Lipinski definition) is 3. The molecule has 6 heteroatoms. The predicted octanol–water partition coefficient (Wildman–Crippen LogP) is 1.67. The SMILES string of the molecule is COc1ccc2[nH]c3c(c2c1)C1CN(C3)C(=O)N(C)C1=O. The number of aromatic nitrogens is 1. The van der Waals surface area contributed by atoms with Gasteiger partial charge in [0.2, 0.25) is 5.91 Å². The Bertz CT molecular complexity index is 780. The van der Waals surface area contributed by atoms with E-state index in [-0.39, 0.29) is 17.9 Å². The molecule has 4 rings (SSSR count). The van der Waals surface area contributed by atoms with Crippen LogP contribution >= 0.6 is 0 Å². The van der Waals surface area contributed by atoms with Crippen LogP contribution in [-0.2, 0) is 11.3 Å². The van der Waals surface area contributed by atoms with E-state index in [1.165, 1.54) is 4.90 Å². The molecule has 1 aromatic carbocycles. The number of benzene rings is 1. The van der Waals surface area contributed by atoms with Crippen LogP contribution in [0, 0.1) is 0 Å². The number of nitrogens with one attached hydrogen (secondary N) is 1. The van der Waals surface area contributed by atoms with Gasteiger partial charge in [-0.05, 0) is 23.8 Å². The van der Waals surface area contributed by atoms with Gasteiger partial charge >= 0.3 is 6.03 Å². The fourth-order valence-corrected chi connectivity index (χ4v) is 3.35. The number of nitrogens with zero attached hydrogens (tertiary/aromatic N) is 2. The van der Waals surface area contributed by atoms with Crippen LogP contribution in [0.25, 0.3) is 10.9 Å². The number of methoxy groups -OCH3 is 1. The Balaban J connectivity index is 1.95. The Hall–Kier alpha value is -2.50. The first-order valence-electron chi connectivity index (χ1n) is 6.85. The van der Waals surface area contributed by atoms with Crippen LogP contribution < -0.4 is 4.74 Å². The molecule has 1 unspecified atom stereocenters. The van der Waals surface area contributed by atoms with Crippen molar-refractivity contribution >= 4 is 22.8 Å². The average Bonchev–Trinajstić information content (AvgIpc) is 2.87. The molecule has 0 aliphatic carbocycles. The number of urea groups is 1. The molecule has 2 aliphatic heterocycles. The fourth-order valence-electron chi connectivity index (χ4n) is 3.35. The van der Waals surface area contributed by atoms with E-state index in [1.54, 1.807) is 19.1 Å². The van der Waals surface area contributed by atoms with Crippen molar-refractivity contribution in [1.29, 1.82) is 0 Å². The van der Waals surface area contributed by atoms with E-state index >= 15 is 0 Å². The first kappa shape index (κ1) is 12.3. The summed E-state index contributed by atoms with van der Waals surface area (Å²) in [6.45, 7) is 0.971. The summed E-state index contributed by atoms with van der Waals surface area (Å²) in [4.78, 5) is 30.8. The largest absolute Gasteiger partial charge is 0.497 e. The lowest BCUT2D eigenvalue weighted by Crippen LogP contribution is -2.55. The molecular weight excluding hydrogens is 270 g/mol. The number of ether oxygens (including phenoxy) is 1. The van der Waals surface area contributed by atoms with Crippen LogP contribution in [0.5, 0.6) is 5.75 Å². The summed E-state index contributed by atoms with van der Waals surface area (Å²) in [6.07, 6.45) is 0. The topological polar surface area (TPSA) is 65.6 Å². The zero-order valence-electron chi connectivity index (χ0n) is 11.8. The molecule has 1 saturated heterocycles. The maximum absolute atomic E-state index is 12.4. The molecule has 0 radical (unpaired) electrons. The molecule has 1 fully saturated rings. The fraction of sp³-hybridized carbons (Fsp3) is 0.333. The monoisotopic (exact) mass is 285 g/mol. The maximum Gasteiger partial charge on any atom is 0.326 e. The number of hydrogen-bond donors (Lipinski definition) is 1. The molecule has 108 valence electrons. The van der Waals surface area contributed by atoms with Gasteiger partial charge in [0.1, 0.15) is 5.75 Å². The quantitative estimate of drug-likeness (QED) is 0.866. The van der Waals surface area contributed by atoms with E-state index in [4.69, 9.17) is 4.74 Å². The Morgan fingerprint density at radius 3 is 2.90 bits per heavy atom. The molecule has 2 aliphatic rings. The van der Waals surface area contributed by atoms with Gasteiger partial charge in [-0.1, -0.05) is 0 Å². The van der Waals surface area contributed by atoms with E-state index in [0.717, 1.165) is 27.9 Å². The maximum atomic E-state index is 12.4. The minimum absolute atomic E-state index is 0.138. The molecule has 6 nitrogen and oxygen atoms in total. The first-order chi connectivity index (χ1) is 10.1. The molecule has 0 saturated carbocycles. The Morgan fingerprint density at radius 1 is 1.33 bits per heavy atom. The molecular formula is C15H15N3O3. The number of imide groups is 1. The summed E-state index contributed by atoms with van der Waals surface area (Å²) in [5.74, 6) is 0.331. The molecule has 1 N–H and O–H groups in total. The van der Waals surface area contributed by atoms with Crippen molar-refractivity contribution in [3.8, 4) is 5.75 Å². The molecule has 1 atom stereocenters. The van der Waals surface area contributed by atoms with E-state index < -0.39 is 0 Å². The predicted molar refractivity (Wildman–Crippen MR) is 76.2 cm³/mol. The number of carbonyl (C=O) groups is 2. The third-order valence-electron chi connectivity index (χ3n) is 4.41. The number of fused-ring (bicyclic) bond motifs is 6. The summed E-state index contributed by atoms with van der Waals surface area (Å²) in [6, 6.07) is 5.56. The zero-order chi connectivity index (χ0) is 14.7. The van der Waals surface area contributed by atoms with Gasteiger partial charge in [0, 0.05) is 30.2 Å². The third-order valence-corrected chi connectivity index (χ3v) is 4.41. The van der Waals surface area contributed by atoms with E-state index in [9.17, 15) is 9.59 Å². The van der Waals surface area contributed by atoms with Gasteiger partial charge in [0.05, 0.1) is 19.6 Å². The number of likely N-dealkylation sites (N-methyl/N-ethyl adjacent to an activating group) is 1. The van der Waals surface area contributed by atoms with Gasteiger partial charge in [-0.25, -0.2) is 4.79 Å². The van der Waals surface area contributed by atoms with Crippen LogP contribution in [-0.4, -0.2) is 47.4 Å². The average molecular weight is 285 g/mol. The lowest BCUT2D eigenvalue weighted by molar-refractivity contribution is -0.132. The summed E-state index contributed by atoms with van der Waals surface area (Å²) < 4.78 is 5.28. The third kappa shape index (κ3) is 1.53. The normalized spacial score (nSPS) is 21.0. The Morgan fingerprint density at radius 2 is 2.14 bits per heavy atom. The van der Waals surface area contributed by atoms with Crippen molar-refractivity contribution in [3.05, 3.63) is 29.5 Å². The van der Waals surface area contributed by atoms with Crippen molar-refractivity contribution in [2.75, 3.05) is 20.7 Å². The van der Waals surface area contributed by atoms with Crippen molar-refractivity contribution in [2.45, 2.75) is 12.5 Å². The van der Waals surface area contributed by atoms with Crippen LogP contribution in [0.15, 0.2) is 18.2 Å². The van der Waals surface area contributed by atoms with Crippen LogP contribution in [0.4, 0.5) is 4.79 Å².